The number of unbranched alkanes of at least 4 members (excludes halogenated alkanes) is 5. The summed E-state index contributed by atoms with van der Waals surface area (Å²) >= 11 is 0. The molecule has 1 unspecified atom stereocenters. The van der Waals surface area contributed by atoms with Crippen LogP contribution in [0.3, 0.4) is 0 Å². The first-order chi connectivity index (χ1) is 9.07. The van der Waals surface area contributed by atoms with Gasteiger partial charge in [-0.1, -0.05) is 45.4 Å². The first-order valence-electron chi connectivity index (χ1n) is 6.96. The van der Waals surface area contributed by atoms with Gasteiger partial charge in [0.2, 0.25) is 0 Å². The van der Waals surface area contributed by atoms with Gasteiger partial charge in [0.25, 0.3) is 0 Å². The first-order valence-corrected chi connectivity index (χ1v) is 8.76. The van der Waals surface area contributed by atoms with E-state index >= 15 is 0 Å². The van der Waals surface area contributed by atoms with Crippen molar-refractivity contribution in [1.29, 1.82) is 0 Å². The molecule has 0 aromatic carbocycles. The lowest BCUT2D eigenvalue weighted by Crippen LogP contribution is -2.50. The highest BCUT2D eigenvalue weighted by Crippen LogP contribution is 2.30. The molecule has 0 saturated carbocycles. The molecule has 0 heterocycles. The van der Waals surface area contributed by atoms with Gasteiger partial charge in [0, 0.05) is 21.3 Å². The van der Waals surface area contributed by atoms with Crippen LogP contribution < -0.4 is 0 Å². The van der Waals surface area contributed by atoms with E-state index < -0.39 is 20.3 Å². The number of carboxylic acids is 1. The molecule has 0 aromatic heterocycles. The van der Waals surface area contributed by atoms with Crippen molar-refractivity contribution in [2.45, 2.75) is 57.4 Å². The lowest BCUT2D eigenvalue weighted by atomic mass is 10.1. The van der Waals surface area contributed by atoms with Crippen LogP contribution in [-0.2, 0) is 18.1 Å². The maximum atomic E-state index is 11.4. The molecule has 0 amide bonds. The molecule has 6 heteroatoms. The Morgan fingerprint density at radius 2 is 1.47 bits per heavy atom. The smallest absolute Gasteiger partial charge is 0.481 e. The molecule has 0 rings (SSSR count). The highest BCUT2D eigenvalue weighted by molar-refractivity contribution is 6.66. The monoisotopic (exact) mass is 292 g/mol. The number of rotatable bonds is 12. The summed E-state index contributed by atoms with van der Waals surface area (Å²) in [6, 6.07) is 0. The Bertz CT molecular complexity index is 235. The van der Waals surface area contributed by atoms with Gasteiger partial charge >= 0.3 is 14.8 Å². The van der Waals surface area contributed by atoms with Gasteiger partial charge in [-0.15, -0.1) is 0 Å². The number of hydrogen-bond donors (Lipinski definition) is 1. The molecule has 114 valence electrons. The third-order valence-corrected chi connectivity index (χ3v) is 6.52. The molecule has 0 aliphatic rings. The molecule has 0 saturated heterocycles. The van der Waals surface area contributed by atoms with Crippen LogP contribution in [-0.4, -0.2) is 41.2 Å². The molecular formula is C13H28O5Si. The number of aliphatic carboxylic acids is 1. The highest BCUT2D eigenvalue weighted by atomic mass is 28.4. The number of carbonyl (C=O) groups is 1. The second-order valence-corrected chi connectivity index (χ2v) is 7.79. The molecule has 19 heavy (non-hydrogen) atoms. The Morgan fingerprint density at radius 1 is 1.00 bits per heavy atom. The molecule has 0 radical (unpaired) electrons. The highest BCUT2D eigenvalue weighted by Gasteiger charge is 2.51. The van der Waals surface area contributed by atoms with Gasteiger partial charge in [0.05, 0.1) is 0 Å². The fourth-order valence-corrected chi connectivity index (χ4v) is 4.47. The van der Waals surface area contributed by atoms with Crippen molar-refractivity contribution in [3.05, 3.63) is 0 Å². The first kappa shape index (κ1) is 18.6. The van der Waals surface area contributed by atoms with Crippen LogP contribution >= 0.6 is 0 Å². The predicted molar refractivity (Wildman–Crippen MR) is 76.2 cm³/mol. The van der Waals surface area contributed by atoms with E-state index in [1.54, 1.807) is 0 Å². The van der Waals surface area contributed by atoms with Crippen LogP contribution in [0.1, 0.15) is 51.9 Å². The standard InChI is InChI=1S/C13H28O5Si/c1-5-6-7-8-9-10-11-12(13(14)15)19(16-2,17-3)18-4/h12H,5-11H2,1-4H3,(H,14,15). The Labute approximate surface area is 117 Å². The van der Waals surface area contributed by atoms with Crippen molar-refractivity contribution in [1.82, 2.24) is 0 Å². The minimum Gasteiger partial charge on any atom is -0.481 e. The summed E-state index contributed by atoms with van der Waals surface area (Å²) in [4.78, 5) is 11.4. The molecule has 5 nitrogen and oxygen atoms in total. The minimum atomic E-state index is -3.08. The van der Waals surface area contributed by atoms with E-state index in [-0.39, 0.29) is 0 Å². The summed E-state index contributed by atoms with van der Waals surface area (Å²) in [6.45, 7) is 2.18. The average Bonchev–Trinajstić information content (AvgIpc) is 2.42. The van der Waals surface area contributed by atoms with Gasteiger partial charge in [-0.25, -0.2) is 0 Å². The van der Waals surface area contributed by atoms with Gasteiger partial charge in [0.1, 0.15) is 5.54 Å². The average molecular weight is 292 g/mol. The quantitative estimate of drug-likeness (QED) is 0.442. The Balaban J connectivity index is 4.29. The maximum Gasteiger partial charge on any atom is 0.514 e. The summed E-state index contributed by atoms with van der Waals surface area (Å²) in [5.41, 5.74) is -0.682. The SMILES string of the molecule is CCCCCCCCC(C(=O)O)[Si](OC)(OC)OC. The van der Waals surface area contributed by atoms with Gasteiger partial charge in [-0.3, -0.25) is 4.79 Å². The zero-order valence-corrected chi connectivity index (χ0v) is 13.6. The minimum absolute atomic E-state index is 0.545. The molecule has 0 aromatic rings. The zero-order valence-electron chi connectivity index (χ0n) is 12.6. The van der Waals surface area contributed by atoms with E-state index in [0.717, 1.165) is 19.3 Å². The van der Waals surface area contributed by atoms with E-state index in [2.05, 4.69) is 6.92 Å². The predicted octanol–water partition coefficient (Wildman–Crippen LogP) is 3.07. The number of carboxylic acid groups (broad SMARTS) is 1. The molecule has 0 aliphatic heterocycles. The summed E-state index contributed by atoms with van der Waals surface area (Å²) in [5.74, 6) is -0.897. The van der Waals surface area contributed by atoms with Gasteiger partial charge in [-0.2, -0.15) is 0 Å². The largest absolute Gasteiger partial charge is 0.514 e. The molecule has 0 spiro atoms. The summed E-state index contributed by atoms with van der Waals surface area (Å²) < 4.78 is 15.8. The lowest BCUT2D eigenvalue weighted by Gasteiger charge is -2.29. The van der Waals surface area contributed by atoms with Crippen molar-refractivity contribution < 1.29 is 23.2 Å². The third kappa shape index (κ3) is 6.03. The van der Waals surface area contributed by atoms with E-state index in [1.807, 2.05) is 0 Å². The van der Waals surface area contributed by atoms with Crippen LogP contribution in [0.4, 0.5) is 0 Å². The summed E-state index contributed by atoms with van der Waals surface area (Å²) in [5, 5.41) is 9.34. The van der Waals surface area contributed by atoms with Gasteiger partial charge in [-0.05, 0) is 6.42 Å². The molecule has 0 bridgehead atoms. The van der Waals surface area contributed by atoms with Crippen molar-refractivity contribution in [2.24, 2.45) is 0 Å². The normalized spacial score (nSPS) is 13.5. The van der Waals surface area contributed by atoms with Crippen LogP contribution in [0.2, 0.25) is 5.54 Å². The maximum absolute atomic E-state index is 11.4. The molecule has 0 aliphatic carbocycles. The van der Waals surface area contributed by atoms with E-state index in [0.29, 0.717) is 6.42 Å². The molecule has 0 fully saturated rings. The Kier molecular flexibility index (Phi) is 10.1. The fourth-order valence-electron chi connectivity index (χ4n) is 2.26. The third-order valence-electron chi connectivity index (χ3n) is 3.42. The second kappa shape index (κ2) is 10.4. The summed E-state index contributed by atoms with van der Waals surface area (Å²) in [7, 11) is 1.28. The molecular weight excluding hydrogens is 264 g/mol. The molecule has 1 N–H and O–H groups in total. The lowest BCUT2D eigenvalue weighted by molar-refractivity contribution is -0.138. The Morgan fingerprint density at radius 3 is 1.89 bits per heavy atom. The second-order valence-electron chi connectivity index (χ2n) is 4.66. The van der Waals surface area contributed by atoms with Crippen molar-refractivity contribution in [2.75, 3.05) is 21.3 Å². The van der Waals surface area contributed by atoms with E-state index in [4.69, 9.17) is 13.3 Å². The van der Waals surface area contributed by atoms with Crippen LogP contribution in [0.25, 0.3) is 0 Å². The fraction of sp³-hybridized carbons (Fsp3) is 0.923. The van der Waals surface area contributed by atoms with Crippen molar-refractivity contribution in [3.63, 3.8) is 0 Å². The van der Waals surface area contributed by atoms with Crippen LogP contribution in [0, 0.1) is 0 Å². The van der Waals surface area contributed by atoms with Gasteiger partial charge < -0.3 is 18.4 Å². The van der Waals surface area contributed by atoms with Gasteiger partial charge in [0.15, 0.2) is 0 Å². The topological polar surface area (TPSA) is 65.0 Å². The molecule has 1 atom stereocenters. The number of hydrogen-bond acceptors (Lipinski definition) is 4. The Hall–Kier alpha value is -0.433. The van der Waals surface area contributed by atoms with Crippen molar-refractivity contribution in [3.8, 4) is 0 Å². The van der Waals surface area contributed by atoms with Crippen LogP contribution in [0.15, 0.2) is 0 Å². The van der Waals surface area contributed by atoms with Crippen molar-refractivity contribution >= 4 is 14.8 Å². The zero-order chi connectivity index (χ0) is 14.7. The van der Waals surface area contributed by atoms with E-state index in [1.165, 1.54) is 40.6 Å². The van der Waals surface area contributed by atoms with E-state index in [9.17, 15) is 9.90 Å². The summed E-state index contributed by atoms with van der Waals surface area (Å²) in [6.07, 6.45) is 7.29. The van der Waals surface area contributed by atoms with Crippen LogP contribution in [0.5, 0.6) is 0 Å².